The number of benzene rings is 2. The standard InChI is InChI=1S/C18H19NO2/c1-20-14-6-5-12-7-9-19-17(16(12)11-14)15-4-2-3-13-8-10-21-18(13)15/h2-6,11,17,19H,7-10H2,1H3. The zero-order chi connectivity index (χ0) is 14.2. The summed E-state index contributed by atoms with van der Waals surface area (Å²) in [5.41, 5.74) is 5.28. The van der Waals surface area contributed by atoms with E-state index < -0.39 is 0 Å². The van der Waals surface area contributed by atoms with Gasteiger partial charge in [-0.15, -0.1) is 0 Å². The molecule has 0 saturated heterocycles. The molecule has 0 amide bonds. The molecule has 21 heavy (non-hydrogen) atoms. The van der Waals surface area contributed by atoms with Crippen molar-refractivity contribution < 1.29 is 9.47 Å². The zero-order valence-electron chi connectivity index (χ0n) is 12.2. The lowest BCUT2D eigenvalue weighted by Crippen LogP contribution is -2.30. The van der Waals surface area contributed by atoms with Crippen LogP contribution in [0.1, 0.15) is 28.3 Å². The highest BCUT2D eigenvalue weighted by Crippen LogP contribution is 2.39. The van der Waals surface area contributed by atoms with Gasteiger partial charge in [-0.1, -0.05) is 24.3 Å². The Hall–Kier alpha value is -2.00. The van der Waals surface area contributed by atoms with Crippen LogP contribution in [0.4, 0.5) is 0 Å². The molecule has 0 aliphatic carbocycles. The first-order valence-electron chi connectivity index (χ1n) is 7.51. The SMILES string of the molecule is COc1ccc2c(c1)C(c1cccc3c1OCC3)NCC2. The predicted molar refractivity (Wildman–Crippen MR) is 82.2 cm³/mol. The fraction of sp³-hybridized carbons (Fsp3) is 0.333. The molecular formula is C18H19NO2. The molecule has 0 radical (unpaired) electrons. The summed E-state index contributed by atoms with van der Waals surface area (Å²) in [5.74, 6) is 1.99. The summed E-state index contributed by atoms with van der Waals surface area (Å²) in [6.07, 6.45) is 2.08. The van der Waals surface area contributed by atoms with Crippen LogP contribution in [0.15, 0.2) is 36.4 Å². The monoisotopic (exact) mass is 281 g/mol. The molecule has 0 fully saturated rings. The fourth-order valence-corrected chi connectivity index (χ4v) is 3.40. The van der Waals surface area contributed by atoms with E-state index >= 15 is 0 Å². The minimum atomic E-state index is 0.192. The number of hydrogen-bond acceptors (Lipinski definition) is 3. The number of nitrogens with one attached hydrogen (secondary N) is 1. The molecule has 2 heterocycles. The summed E-state index contributed by atoms with van der Waals surface area (Å²) in [5, 5.41) is 3.64. The lowest BCUT2D eigenvalue weighted by molar-refractivity contribution is 0.349. The van der Waals surface area contributed by atoms with E-state index in [1.165, 1.54) is 22.3 Å². The summed E-state index contributed by atoms with van der Waals surface area (Å²) in [6, 6.07) is 13.1. The van der Waals surface area contributed by atoms with E-state index in [0.717, 1.165) is 37.5 Å². The Bertz CT molecular complexity index is 681. The summed E-state index contributed by atoms with van der Waals surface area (Å²) in [4.78, 5) is 0. The second-order valence-corrected chi connectivity index (χ2v) is 5.64. The van der Waals surface area contributed by atoms with Gasteiger partial charge in [-0.25, -0.2) is 0 Å². The van der Waals surface area contributed by atoms with Crippen molar-refractivity contribution in [2.75, 3.05) is 20.3 Å². The van der Waals surface area contributed by atoms with Gasteiger partial charge in [0.25, 0.3) is 0 Å². The van der Waals surface area contributed by atoms with Crippen LogP contribution >= 0.6 is 0 Å². The second kappa shape index (κ2) is 5.08. The summed E-state index contributed by atoms with van der Waals surface area (Å²) < 4.78 is 11.3. The van der Waals surface area contributed by atoms with Crippen LogP contribution in [0.3, 0.4) is 0 Å². The van der Waals surface area contributed by atoms with Gasteiger partial charge in [0.05, 0.1) is 19.8 Å². The Kier molecular flexibility index (Phi) is 3.08. The van der Waals surface area contributed by atoms with Gasteiger partial charge in [-0.3, -0.25) is 0 Å². The Labute approximate surface area is 124 Å². The van der Waals surface area contributed by atoms with Crippen molar-refractivity contribution in [3.05, 3.63) is 58.7 Å². The number of ether oxygens (including phenoxy) is 2. The lowest BCUT2D eigenvalue weighted by Gasteiger charge is -2.28. The van der Waals surface area contributed by atoms with E-state index in [0.29, 0.717) is 0 Å². The maximum absolute atomic E-state index is 5.88. The minimum Gasteiger partial charge on any atom is -0.497 e. The molecule has 2 aromatic rings. The number of fused-ring (bicyclic) bond motifs is 2. The highest BCUT2D eigenvalue weighted by atomic mass is 16.5. The van der Waals surface area contributed by atoms with Gasteiger partial charge in [0, 0.05) is 18.5 Å². The van der Waals surface area contributed by atoms with Crippen molar-refractivity contribution in [2.24, 2.45) is 0 Å². The van der Waals surface area contributed by atoms with E-state index in [4.69, 9.17) is 9.47 Å². The molecule has 2 aliphatic rings. The van der Waals surface area contributed by atoms with E-state index in [2.05, 4.69) is 35.6 Å². The summed E-state index contributed by atoms with van der Waals surface area (Å²) in [7, 11) is 1.72. The Morgan fingerprint density at radius 1 is 1.10 bits per heavy atom. The predicted octanol–water partition coefficient (Wildman–Crippen LogP) is 2.87. The fourth-order valence-electron chi connectivity index (χ4n) is 3.40. The molecule has 2 aromatic carbocycles. The first kappa shape index (κ1) is 12.7. The molecule has 0 aromatic heterocycles. The van der Waals surface area contributed by atoms with Crippen molar-refractivity contribution in [3.8, 4) is 11.5 Å². The van der Waals surface area contributed by atoms with Crippen LogP contribution in [0, 0.1) is 0 Å². The van der Waals surface area contributed by atoms with Crippen LogP contribution in [-0.2, 0) is 12.8 Å². The third-order valence-corrected chi connectivity index (χ3v) is 4.46. The van der Waals surface area contributed by atoms with Gasteiger partial charge < -0.3 is 14.8 Å². The first-order chi connectivity index (χ1) is 10.4. The maximum atomic E-state index is 5.88. The van der Waals surface area contributed by atoms with Crippen LogP contribution in [-0.4, -0.2) is 20.3 Å². The minimum absolute atomic E-state index is 0.192. The van der Waals surface area contributed by atoms with Gasteiger partial charge in [-0.05, 0) is 35.2 Å². The molecule has 0 spiro atoms. The first-order valence-corrected chi connectivity index (χ1v) is 7.51. The Morgan fingerprint density at radius 2 is 2.05 bits per heavy atom. The molecule has 1 atom stereocenters. The van der Waals surface area contributed by atoms with Crippen molar-refractivity contribution in [2.45, 2.75) is 18.9 Å². The molecule has 2 aliphatic heterocycles. The Balaban J connectivity index is 1.83. The van der Waals surface area contributed by atoms with Crippen molar-refractivity contribution in [1.29, 1.82) is 0 Å². The van der Waals surface area contributed by atoms with Crippen LogP contribution in [0.25, 0.3) is 0 Å². The average molecular weight is 281 g/mol. The number of hydrogen-bond donors (Lipinski definition) is 1. The van der Waals surface area contributed by atoms with Gasteiger partial charge in [0.15, 0.2) is 0 Å². The van der Waals surface area contributed by atoms with Crippen LogP contribution in [0.5, 0.6) is 11.5 Å². The van der Waals surface area contributed by atoms with Gasteiger partial charge >= 0.3 is 0 Å². The lowest BCUT2D eigenvalue weighted by atomic mass is 9.88. The topological polar surface area (TPSA) is 30.5 Å². The quantitative estimate of drug-likeness (QED) is 0.918. The third kappa shape index (κ3) is 2.09. The largest absolute Gasteiger partial charge is 0.497 e. The van der Waals surface area contributed by atoms with E-state index in [1.807, 2.05) is 6.07 Å². The smallest absolute Gasteiger partial charge is 0.127 e. The second-order valence-electron chi connectivity index (χ2n) is 5.64. The summed E-state index contributed by atoms with van der Waals surface area (Å²) in [6.45, 7) is 1.79. The van der Waals surface area contributed by atoms with Crippen LogP contribution < -0.4 is 14.8 Å². The number of methoxy groups -OCH3 is 1. The van der Waals surface area contributed by atoms with E-state index in [9.17, 15) is 0 Å². The van der Waals surface area contributed by atoms with E-state index in [-0.39, 0.29) is 6.04 Å². The van der Waals surface area contributed by atoms with Crippen molar-refractivity contribution in [3.63, 3.8) is 0 Å². The maximum Gasteiger partial charge on any atom is 0.127 e. The molecule has 4 rings (SSSR count). The van der Waals surface area contributed by atoms with Crippen LogP contribution in [0.2, 0.25) is 0 Å². The highest BCUT2D eigenvalue weighted by Gasteiger charge is 2.27. The normalized spacial score (nSPS) is 19.6. The summed E-state index contributed by atoms with van der Waals surface area (Å²) >= 11 is 0. The molecule has 0 bridgehead atoms. The van der Waals surface area contributed by atoms with E-state index in [1.54, 1.807) is 7.11 Å². The van der Waals surface area contributed by atoms with Crippen molar-refractivity contribution >= 4 is 0 Å². The molecule has 0 saturated carbocycles. The van der Waals surface area contributed by atoms with Gasteiger partial charge in [0.2, 0.25) is 0 Å². The Morgan fingerprint density at radius 3 is 2.95 bits per heavy atom. The van der Waals surface area contributed by atoms with Crippen molar-refractivity contribution in [1.82, 2.24) is 5.32 Å². The molecule has 3 nitrogen and oxygen atoms in total. The molecular weight excluding hydrogens is 262 g/mol. The zero-order valence-corrected chi connectivity index (χ0v) is 12.2. The molecule has 1 unspecified atom stereocenters. The highest BCUT2D eigenvalue weighted by molar-refractivity contribution is 5.51. The van der Waals surface area contributed by atoms with Gasteiger partial charge in [-0.2, -0.15) is 0 Å². The van der Waals surface area contributed by atoms with Gasteiger partial charge in [0.1, 0.15) is 11.5 Å². The number of para-hydroxylation sites is 1. The molecule has 1 N–H and O–H groups in total. The third-order valence-electron chi connectivity index (χ3n) is 4.46. The molecule has 108 valence electrons. The molecule has 3 heteroatoms. The average Bonchev–Trinajstić information content (AvgIpc) is 3.02. The number of rotatable bonds is 2.